The second-order valence-electron chi connectivity index (χ2n) is 7.80. The number of anilines is 1. The van der Waals surface area contributed by atoms with Crippen molar-refractivity contribution in [1.29, 1.82) is 0 Å². The summed E-state index contributed by atoms with van der Waals surface area (Å²) >= 11 is 1.46. The molecular formula is C21H23FN4O3S. The number of hydrogen-bond donors (Lipinski definition) is 2. The maximum Gasteiger partial charge on any atom is 0.325 e. The fourth-order valence-electron chi connectivity index (χ4n) is 3.88. The molecule has 9 heteroatoms. The van der Waals surface area contributed by atoms with E-state index in [4.69, 9.17) is 0 Å². The van der Waals surface area contributed by atoms with Gasteiger partial charge in [-0.05, 0) is 50.3 Å². The van der Waals surface area contributed by atoms with Gasteiger partial charge < -0.3 is 10.6 Å². The molecule has 2 aromatic rings. The number of nitrogens with one attached hydrogen (secondary N) is 2. The number of urea groups is 1. The van der Waals surface area contributed by atoms with Crippen molar-refractivity contribution in [3.63, 3.8) is 0 Å². The molecule has 2 aliphatic rings. The molecule has 1 aliphatic heterocycles. The number of imide groups is 1. The number of aryl methyl sites for hydroxylation is 2. The number of halogens is 1. The minimum atomic E-state index is -1.35. The Kier molecular flexibility index (Phi) is 5.55. The first-order valence-corrected chi connectivity index (χ1v) is 10.9. The van der Waals surface area contributed by atoms with Gasteiger partial charge in [0.2, 0.25) is 5.91 Å². The van der Waals surface area contributed by atoms with E-state index in [1.165, 1.54) is 53.3 Å². The number of aromatic nitrogens is 1. The van der Waals surface area contributed by atoms with E-state index in [-0.39, 0.29) is 0 Å². The summed E-state index contributed by atoms with van der Waals surface area (Å²) in [5, 5.41) is 5.84. The third-order valence-corrected chi connectivity index (χ3v) is 6.66. The Morgan fingerprint density at radius 3 is 2.63 bits per heavy atom. The molecule has 2 heterocycles. The predicted octanol–water partition coefficient (Wildman–Crippen LogP) is 3.35. The molecule has 30 heavy (non-hydrogen) atoms. The summed E-state index contributed by atoms with van der Waals surface area (Å²) < 4.78 is 13.2. The van der Waals surface area contributed by atoms with Crippen LogP contribution in [0.15, 0.2) is 24.3 Å². The number of rotatable bonds is 4. The minimum absolute atomic E-state index is 0.411. The summed E-state index contributed by atoms with van der Waals surface area (Å²) in [4.78, 5) is 44.4. The normalized spacial score (nSPS) is 21.6. The first kappa shape index (κ1) is 20.5. The van der Waals surface area contributed by atoms with E-state index in [1.807, 2.05) is 0 Å². The molecule has 0 bridgehead atoms. The second-order valence-corrected chi connectivity index (χ2v) is 8.89. The van der Waals surface area contributed by atoms with Gasteiger partial charge in [0, 0.05) is 4.88 Å². The lowest BCUT2D eigenvalue weighted by Crippen LogP contribution is -2.42. The van der Waals surface area contributed by atoms with Crippen molar-refractivity contribution in [2.45, 2.75) is 51.0 Å². The second kappa shape index (κ2) is 8.14. The predicted molar refractivity (Wildman–Crippen MR) is 111 cm³/mol. The zero-order valence-electron chi connectivity index (χ0n) is 16.7. The van der Waals surface area contributed by atoms with E-state index in [0.717, 1.165) is 36.3 Å². The first-order valence-electron chi connectivity index (χ1n) is 10.1. The summed E-state index contributed by atoms with van der Waals surface area (Å²) in [6, 6.07) is 4.69. The highest BCUT2D eigenvalue weighted by atomic mass is 32.1. The van der Waals surface area contributed by atoms with Gasteiger partial charge in [-0.2, -0.15) is 0 Å². The maximum atomic E-state index is 13.2. The fraction of sp³-hybridized carbons (Fsp3) is 0.429. The van der Waals surface area contributed by atoms with Crippen LogP contribution in [0.25, 0.3) is 0 Å². The quantitative estimate of drug-likeness (QED) is 0.728. The molecule has 1 unspecified atom stereocenters. The van der Waals surface area contributed by atoms with Crippen molar-refractivity contribution < 1.29 is 18.8 Å². The van der Waals surface area contributed by atoms with Crippen molar-refractivity contribution in [3.05, 3.63) is 46.2 Å². The highest BCUT2D eigenvalue weighted by molar-refractivity contribution is 7.15. The lowest BCUT2D eigenvalue weighted by molar-refractivity contribution is -0.133. The van der Waals surface area contributed by atoms with E-state index >= 15 is 0 Å². The Labute approximate surface area is 177 Å². The van der Waals surface area contributed by atoms with Crippen LogP contribution in [-0.2, 0) is 28.0 Å². The molecular weight excluding hydrogens is 407 g/mol. The van der Waals surface area contributed by atoms with Crippen LogP contribution in [0.2, 0.25) is 0 Å². The molecule has 4 rings (SSSR count). The number of hydrogen-bond acceptors (Lipinski definition) is 5. The molecule has 1 aliphatic carbocycles. The van der Waals surface area contributed by atoms with Crippen LogP contribution in [0.3, 0.4) is 0 Å². The Hall–Kier alpha value is -2.81. The smallest absolute Gasteiger partial charge is 0.319 e. The highest BCUT2D eigenvalue weighted by Gasteiger charge is 2.49. The van der Waals surface area contributed by atoms with Crippen LogP contribution >= 0.6 is 11.3 Å². The number of thiazole rings is 1. The van der Waals surface area contributed by atoms with Crippen molar-refractivity contribution in [1.82, 2.24) is 15.2 Å². The molecule has 158 valence electrons. The zero-order chi connectivity index (χ0) is 21.3. The summed E-state index contributed by atoms with van der Waals surface area (Å²) in [6.45, 7) is 1.13. The third-order valence-electron chi connectivity index (χ3n) is 5.59. The topological polar surface area (TPSA) is 91.4 Å². The molecule has 7 nitrogen and oxygen atoms in total. The average Bonchev–Trinajstić information content (AvgIpc) is 3.15. The molecule has 2 N–H and O–H groups in total. The van der Waals surface area contributed by atoms with Gasteiger partial charge in [-0.1, -0.05) is 25.0 Å². The zero-order valence-corrected chi connectivity index (χ0v) is 17.5. The minimum Gasteiger partial charge on any atom is -0.319 e. The number of carbonyl (C=O) groups is 3. The Morgan fingerprint density at radius 1 is 1.20 bits per heavy atom. The third kappa shape index (κ3) is 3.94. The lowest BCUT2D eigenvalue weighted by atomic mass is 9.92. The van der Waals surface area contributed by atoms with Crippen LogP contribution in [0.5, 0.6) is 0 Å². The van der Waals surface area contributed by atoms with Gasteiger partial charge in [-0.15, -0.1) is 11.3 Å². The summed E-state index contributed by atoms with van der Waals surface area (Å²) in [7, 11) is 0. The van der Waals surface area contributed by atoms with Crippen molar-refractivity contribution in [2.75, 3.05) is 11.9 Å². The summed E-state index contributed by atoms with van der Waals surface area (Å²) in [5.41, 5.74) is 0.140. The van der Waals surface area contributed by atoms with Gasteiger partial charge in [-0.3, -0.25) is 14.5 Å². The molecule has 1 atom stereocenters. The van der Waals surface area contributed by atoms with E-state index in [0.29, 0.717) is 10.7 Å². The Balaban J connectivity index is 1.44. The van der Waals surface area contributed by atoms with Gasteiger partial charge in [0.05, 0.1) is 5.69 Å². The molecule has 0 spiro atoms. The molecule has 4 amide bonds. The largest absolute Gasteiger partial charge is 0.325 e. The average molecular weight is 431 g/mol. The Bertz CT molecular complexity index is 965. The highest BCUT2D eigenvalue weighted by Crippen LogP contribution is 2.30. The molecule has 1 fully saturated rings. The Morgan fingerprint density at radius 2 is 1.90 bits per heavy atom. The number of amides is 4. The first-order chi connectivity index (χ1) is 14.4. The monoisotopic (exact) mass is 430 g/mol. The SMILES string of the molecule is CC1(c2ccc(F)cc2)NC(=O)N(CC(=O)Nc2nc3c(s2)CCCCCC3)C1=O. The van der Waals surface area contributed by atoms with Crippen molar-refractivity contribution in [2.24, 2.45) is 0 Å². The molecule has 0 saturated carbocycles. The van der Waals surface area contributed by atoms with Crippen LogP contribution in [0, 0.1) is 5.82 Å². The molecule has 1 aromatic carbocycles. The van der Waals surface area contributed by atoms with E-state index in [1.54, 1.807) is 6.92 Å². The summed E-state index contributed by atoms with van der Waals surface area (Å²) in [5.74, 6) is -1.47. The molecule has 1 saturated heterocycles. The number of carbonyl (C=O) groups excluding carboxylic acids is 3. The standard InChI is InChI=1S/C21H23FN4O3S/c1-21(13-8-10-14(22)11-9-13)18(28)26(20(29)25-21)12-17(27)24-19-23-15-6-4-2-3-5-7-16(15)30-19/h8-11H,2-7,12H2,1H3,(H,25,29)(H,23,24,27). The van der Waals surface area contributed by atoms with Gasteiger partial charge in [0.1, 0.15) is 17.9 Å². The van der Waals surface area contributed by atoms with E-state index < -0.39 is 35.7 Å². The van der Waals surface area contributed by atoms with Crippen LogP contribution < -0.4 is 10.6 Å². The van der Waals surface area contributed by atoms with E-state index in [2.05, 4.69) is 15.6 Å². The van der Waals surface area contributed by atoms with Crippen molar-refractivity contribution in [3.8, 4) is 0 Å². The van der Waals surface area contributed by atoms with Gasteiger partial charge >= 0.3 is 6.03 Å². The van der Waals surface area contributed by atoms with Gasteiger partial charge in [0.15, 0.2) is 5.13 Å². The fourth-order valence-corrected chi connectivity index (χ4v) is 4.95. The maximum absolute atomic E-state index is 13.2. The van der Waals surface area contributed by atoms with Gasteiger partial charge in [0.25, 0.3) is 5.91 Å². The van der Waals surface area contributed by atoms with E-state index in [9.17, 15) is 18.8 Å². The van der Waals surface area contributed by atoms with Crippen LogP contribution in [0.1, 0.15) is 48.7 Å². The molecule has 0 radical (unpaired) electrons. The number of fused-ring (bicyclic) bond motifs is 1. The lowest BCUT2D eigenvalue weighted by Gasteiger charge is -2.22. The number of nitrogens with zero attached hydrogens (tertiary/aromatic N) is 2. The van der Waals surface area contributed by atoms with Crippen LogP contribution in [0.4, 0.5) is 14.3 Å². The van der Waals surface area contributed by atoms with Gasteiger partial charge in [-0.25, -0.2) is 14.2 Å². The van der Waals surface area contributed by atoms with Crippen LogP contribution in [-0.4, -0.2) is 34.3 Å². The summed E-state index contributed by atoms with van der Waals surface area (Å²) in [6.07, 6.45) is 6.48. The number of benzene rings is 1. The van der Waals surface area contributed by atoms with Crippen molar-refractivity contribution >= 4 is 34.3 Å². The molecule has 1 aromatic heterocycles.